The highest BCUT2D eigenvalue weighted by Crippen LogP contribution is 2.40. The number of hydrogen-bond acceptors (Lipinski definition) is 7. The lowest BCUT2D eigenvalue weighted by Gasteiger charge is -2.26. The number of amides is 1. The number of fused-ring (bicyclic) bond motifs is 1. The minimum Gasteiger partial charge on any atom is -0.503 e. The van der Waals surface area contributed by atoms with Gasteiger partial charge in [0.2, 0.25) is 5.78 Å². The summed E-state index contributed by atoms with van der Waals surface area (Å²) in [4.78, 5) is 39.2. The molecule has 1 N–H and O–H groups in total. The van der Waals surface area contributed by atoms with Crippen molar-refractivity contribution in [3.8, 4) is 5.75 Å². The number of aliphatic hydroxyl groups excluding tert-OH is 1. The molecule has 0 spiro atoms. The van der Waals surface area contributed by atoms with Crippen LogP contribution in [0.5, 0.6) is 5.75 Å². The molecule has 1 atom stereocenters. The predicted molar refractivity (Wildman–Crippen MR) is 122 cm³/mol. The van der Waals surface area contributed by atoms with Crippen LogP contribution in [0.4, 0.5) is 0 Å². The highest BCUT2D eigenvalue weighted by molar-refractivity contribution is 9.10. The van der Waals surface area contributed by atoms with Crippen LogP contribution < -0.4 is 4.74 Å². The summed E-state index contributed by atoms with van der Waals surface area (Å²) in [5, 5.41) is 11.4. The molecule has 0 radical (unpaired) electrons. The van der Waals surface area contributed by atoms with E-state index in [4.69, 9.17) is 13.9 Å². The molecule has 1 aliphatic rings. The van der Waals surface area contributed by atoms with Gasteiger partial charge >= 0.3 is 5.97 Å². The van der Waals surface area contributed by atoms with Crippen molar-refractivity contribution in [2.45, 2.75) is 13.0 Å². The first kappa shape index (κ1) is 22.8. The normalized spacial score (nSPS) is 16.0. The zero-order valence-corrected chi connectivity index (χ0v) is 19.4. The minimum absolute atomic E-state index is 0.00724. The van der Waals surface area contributed by atoms with Crippen LogP contribution in [0, 0.1) is 0 Å². The highest BCUT2D eigenvalue weighted by atomic mass is 79.9. The van der Waals surface area contributed by atoms with E-state index in [1.54, 1.807) is 48.5 Å². The zero-order valence-electron chi connectivity index (χ0n) is 17.8. The van der Waals surface area contributed by atoms with Gasteiger partial charge in [0.15, 0.2) is 11.5 Å². The van der Waals surface area contributed by atoms with Crippen molar-refractivity contribution in [2.75, 3.05) is 20.3 Å². The molecule has 0 fully saturated rings. The lowest BCUT2D eigenvalue weighted by molar-refractivity contribution is -0.132. The Morgan fingerprint density at radius 2 is 1.97 bits per heavy atom. The van der Waals surface area contributed by atoms with Gasteiger partial charge in [0.25, 0.3) is 5.91 Å². The third kappa shape index (κ3) is 4.42. The number of methoxy groups -OCH3 is 1. The number of nitrogens with zero attached hydrogens (tertiary/aromatic N) is 1. The summed E-state index contributed by atoms with van der Waals surface area (Å²) in [5.74, 6) is -2.22. The van der Waals surface area contributed by atoms with Crippen LogP contribution in [0.3, 0.4) is 0 Å². The van der Waals surface area contributed by atoms with Crippen LogP contribution in [0.1, 0.15) is 29.1 Å². The van der Waals surface area contributed by atoms with Crippen molar-refractivity contribution >= 4 is 44.6 Å². The summed E-state index contributed by atoms with van der Waals surface area (Å²) in [5.41, 5.74) is 0.870. The summed E-state index contributed by atoms with van der Waals surface area (Å²) in [7, 11) is 1.49. The topological polar surface area (TPSA) is 106 Å². The van der Waals surface area contributed by atoms with Crippen LogP contribution in [0.15, 0.2) is 68.8 Å². The number of carbonyl (C=O) groups excluding carboxylic acids is 3. The van der Waals surface area contributed by atoms with Crippen molar-refractivity contribution in [3.63, 3.8) is 0 Å². The minimum atomic E-state index is -0.921. The number of halogens is 1. The van der Waals surface area contributed by atoms with Gasteiger partial charge in [0.05, 0.1) is 18.2 Å². The quantitative estimate of drug-likeness (QED) is 0.284. The maximum absolute atomic E-state index is 13.5. The Balaban J connectivity index is 1.80. The van der Waals surface area contributed by atoms with Gasteiger partial charge in [-0.05, 0) is 42.0 Å². The van der Waals surface area contributed by atoms with Crippen molar-refractivity contribution in [1.82, 2.24) is 4.90 Å². The van der Waals surface area contributed by atoms with E-state index in [0.717, 1.165) is 4.47 Å². The number of rotatable bonds is 7. The number of Topliss-reactive ketones (excluding diaryl/α,β-unsaturated/α-hetero) is 1. The smallest absolute Gasteiger partial charge is 0.308 e. The van der Waals surface area contributed by atoms with Crippen molar-refractivity contribution in [2.24, 2.45) is 0 Å². The molecule has 9 heteroatoms. The number of carbonyl (C=O) groups is 3. The zero-order chi connectivity index (χ0) is 23.7. The molecule has 170 valence electrons. The molecular formula is C24H20BrNO7. The average molecular weight is 514 g/mol. The van der Waals surface area contributed by atoms with E-state index < -0.39 is 29.5 Å². The lowest BCUT2D eigenvalue weighted by Crippen LogP contribution is -2.34. The Morgan fingerprint density at radius 1 is 1.18 bits per heavy atom. The van der Waals surface area contributed by atoms with E-state index in [-0.39, 0.29) is 30.2 Å². The standard InChI is InChI=1S/C24H20BrNO7/c1-13(27)32-17-5-3-4-14(11-17)21-20(23(29)24(30)26(21)8-9-31-2)22(28)19-12-15-10-16(25)6-7-18(15)33-19/h3-7,10-12,21,29H,8-9H2,1-2H3. The summed E-state index contributed by atoms with van der Waals surface area (Å²) >= 11 is 3.38. The molecule has 1 aromatic heterocycles. The lowest BCUT2D eigenvalue weighted by atomic mass is 9.95. The predicted octanol–water partition coefficient (Wildman–Crippen LogP) is 4.35. The fraction of sp³-hybridized carbons (Fsp3) is 0.208. The molecular weight excluding hydrogens is 494 g/mol. The molecule has 0 bridgehead atoms. The third-order valence-electron chi connectivity index (χ3n) is 5.22. The van der Waals surface area contributed by atoms with Crippen LogP contribution in [0.2, 0.25) is 0 Å². The molecule has 0 saturated heterocycles. The van der Waals surface area contributed by atoms with Gasteiger partial charge in [-0.25, -0.2) is 0 Å². The largest absolute Gasteiger partial charge is 0.503 e. The number of furan rings is 1. The number of ether oxygens (including phenoxy) is 2. The van der Waals surface area contributed by atoms with Gasteiger partial charge in [0, 0.05) is 30.4 Å². The van der Waals surface area contributed by atoms with Gasteiger partial charge in [-0.2, -0.15) is 0 Å². The molecule has 1 aliphatic heterocycles. The Bertz CT molecular complexity index is 1290. The SMILES string of the molecule is COCCN1C(=O)C(O)=C(C(=O)c2cc3cc(Br)ccc3o2)C1c1cccc(OC(C)=O)c1. The molecule has 2 heterocycles. The second kappa shape index (κ2) is 9.21. The van der Waals surface area contributed by atoms with Gasteiger partial charge < -0.3 is 23.9 Å². The van der Waals surface area contributed by atoms with E-state index in [1.165, 1.54) is 18.9 Å². The number of ketones is 1. The summed E-state index contributed by atoms with van der Waals surface area (Å²) in [6, 6.07) is 12.4. The summed E-state index contributed by atoms with van der Waals surface area (Å²) < 4.78 is 16.8. The fourth-order valence-electron chi connectivity index (χ4n) is 3.83. The molecule has 4 rings (SSSR count). The molecule has 3 aromatic rings. The van der Waals surface area contributed by atoms with E-state index in [0.29, 0.717) is 16.5 Å². The van der Waals surface area contributed by atoms with E-state index in [9.17, 15) is 19.5 Å². The van der Waals surface area contributed by atoms with Gasteiger partial charge in [-0.15, -0.1) is 0 Å². The molecule has 8 nitrogen and oxygen atoms in total. The van der Waals surface area contributed by atoms with Crippen LogP contribution in [0.25, 0.3) is 11.0 Å². The van der Waals surface area contributed by atoms with Crippen molar-refractivity contribution in [3.05, 3.63) is 75.7 Å². The Hall–Kier alpha value is -3.43. The number of hydrogen-bond donors (Lipinski definition) is 1. The summed E-state index contributed by atoms with van der Waals surface area (Å²) in [6.45, 7) is 1.60. The first-order valence-corrected chi connectivity index (χ1v) is 10.8. The number of esters is 1. The highest BCUT2D eigenvalue weighted by Gasteiger charge is 2.44. The number of benzene rings is 2. The van der Waals surface area contributed by atoms with Gasteiger partial charge in [-0.3, -0.25) is 14.4 Å². The first-order chi connectivity index (χ1) is 15.8. The first-order valence-electron chi connectivity index (χ1n) is 10.1. The maximum atomic E-state index is 13.5. The molecule has 1 amide bonds. The fourth-order valence-corrected chi connectivity index (χ4v) is 4.20. The van der Waals surface area contributed by atoms with E-state index in [2.05, 4.69) is 15.9 Å². The monoisotopic (exact) mass is 513 g/mol. The summed E-state index contributed by atoms with van der Waals surface area (Å²) in [6.07, 6.45) is 0. The molecule has 2 aromatic carbocycles. The van der Waals surface area contributed by atoms with Crippen molar-refractivity contribution in [1.29, 1.82) is 0 Å². The van der Waals surface area contributed by atoms with Gasteiger partial charge in [0.1, 0.15) is 11.3 Å². The second-order valence-electron chi connectivity index (χ2n) is 7.44. The Kier molecular flexibility index (Phi) is 6.35. The van der Waals surface area contributed by atoms with Crippen molar-refractivity contribution < 1.29 is 33.4 Å². The average Bonchev–Trinajstić information content (AvgIpc) is 3.30. The molecule has 33 heavy (non-hydrogen) atoms. The Labute approximate surface area is 197 Å². The molecule has 0 aliphatic carbocycles. The molecule has 1 unspecified atom stereocenters. The van der Waals surface area contributed by atoms with Crippen LogP contribution >= 0.6 is 15.9 Å². The third-order valence-corrected chi connectivity index (χ3v) is 5.72. The number of aliphatic hydroxyl groups is 1. The van der Waals surface area contributed by atoms with E-state index in [1.807, 2.05) is 0 Å². The van der Waals surface area contributed by atoms with Crippen LogP contribution in [-0.2, 0) is 14.3 Å². The second-order valence-corrected chi connectivity index (χ2v) is 8.36. The van der Waals surface area contributed by atoms with Gasteiger partial charge in [-0.1, -0.05) is 28.1 Å². The Morgan fingerprint density at radius 3 is 2.70 bits per heavy atom. The van der Waals surface area contributed by atoms with Crippen LogP contribution in [-0.4, -0.2) is 47.9 Å². The molecule has 0 saturated carbocycles. The maximum Gasteiger partial charge on any atom is 0.308 e. The van der Waals surface area contributed by atoms with E-state index >= 15 is 0 Å².